The Morgan fingerprint density at radius 3 is 2.79 bits per heavy atom. The second-order valence-electron chi connectivity index (χ2n) is 4.45. The van der Waals surface area contributed by atoms with Crippen molar-refractivity contribution in [1.29, 1.82) is 5.26 Å². The van der Waals surface area contributed by atoms with E-state index in [1.807, 2.05) is 13.0 Å². The van der Waals surface area contributed by atoms with Crippen LogP contribution in [0, 0.1) is 18.3 Å². The number of hydrogen-bond donors (Lipinski definition) is 2. The monoisotopic (exact) mass is 261 g/mol. The Labute approximate surface area is 113 Å². The molecule has 1 aromatic heterocycles. The van der Waals surface area contributed by atoms with Crippen LogP contribution in [0.1, 0.15) is 43.4 Å². The zero-order valence-corrected chi connectivity index (χ0v) is 11.1. The summed E-state index contributed by atoms with van der Waals surface area (Å²) in [7, 11) is 0. The summed E-state index contributed by atoms with van der Waals surface area (Å²) in [6.45, 7) is 2.64. The van der Waals surface area contributed by atoms with Crippen LogP contribution in [-0.2, 0) is 4.79 Å². The van der Waals surface area contributed by atoms with Crippen LogP contribution in [-0.4, -0.2) is 22.6 Å². The van der Waals surface area contributed by atoms with Crippen LogP contribution >= 0.6 is 0 Å². The Morgan fingerprint density at radius 2 is 2.11 bits per heavy atom. The van der Waals surface area contributed by atoms with Gasteiger partial charge < -0.3 is 10.4 Å². The molecule has 0 aromatic carbocycles. The van der Waals surface area contributed by atoms with Crippen LogP contribution in [0.25, 0.3) is 0 Å². The van der Waals surface area contributed by atoms with Crippen molar-refractivity contribution in [2.24, 2.45) is 0 Å². The number of hydrogen-bond acceptors (Lipinski definition) is 4. The first kappa shape index (κ1) is 15.0. The SMILES string of the molecule is Cc1ccc(C#N)c(NCCCCCCC(=O)O)n1. The third-order valence-corrected chi connectivity index (χ3v) is 2.76. The van der Waals surface area contributed by atoms with Crippen molar-refractivity contribution in [3.05, 3.63) is 23.4 Å². The summed E-state index contributed by atoms with van der Waals surface area (Å²) in [4.78, 5) is 14.6. The number of nitrogens with zero attached hydrogens (tertiary/aromatic N) is 2. The van der Waals surface area contributed by atoms with E-state index in [2.05, 4.69) is 16.4 Å². The maximum Gasteiger partial charge on any atom is 0.303 e. The van der Waals surface area contributed by atoms with Crippen LogP contribution in [0.15, 0.2) is 12.1 Å². The van der Waals surface area contributed by atoms with Gasteiger partial charge in [-0.05, 0) is 31.9 Å². The molecule has 1 rings (SSSR count). The van der Waals surface area contributed by atoms with Crippen LogP contribution in [0.5, 0.6) is 0 Å². The van der Waals surface area contributed by atoms with Gasteiger partial charge in [-0.3, -0.25) is 4.79 Å². The number of carboxylic acid groups (broad SMARTS) is 1. The van der Waals surface area contributed by atoms with Crippen LogP contribution < -0.4 is 5.32 Å². The van der Waals surface area contributed by atoms with Gasteiger partial charge in [0.15, 0.2) is 0 Å². The van der Waals surface area contributed by atoms with Crippen molar-refractivity contribution >= 4 is 11.8 Å². The van der Waals surface area contributed by atoms with Gasteiger partial charge in [0.2, 0.25) is 0 Å². The van der Waals surface area contributed by atoms with Crippen LogP contribution in [0.2, 0.25) is 0 Å². The van der Waals surface area contributed by atoms with Gasteiger partial charge in [-0.15, -0.1) is 0 Å². The van der Waals surface area contributed by atoms with Crippen LogP contribution in [0.4, 0.5) is 5.82 Å². The Hall–Kier alpha value is -2.09. The highest BCUT2D eigenvalue weighted by Gasteiger charge is 2.03. The van der Waals surface area contributed by atoms with Crippen molar-refractivity contribution in [3.8, 4) is 6.07 Å². The zero-order chi connectivity index (χ0) is 14.1. The number of carboxylic acids is 1. The predicted octanol–water partition coefficient (Wildman–Crippen LogP) is 2.71. The van der Waals surface area contributed by atoms with E-state index >= 15 is 0 Å². The number of rotatable bonds is 8. The smallest absolute Gasteiger partial charge is 0.303 e. The first-order valence-corrected chi connectivity index (χ1v) is 6.47. The predicted molar refractivity (Wildman–Crippen MR) is 72.9 cm³/mol. The van der Waals surface area contributed by atoms with E-state index in [9.17, 15) is 4.79 Å². The maximum absolute atomic E-state index is 10.3. The molecule has 1 aromatic rings. The molecule has 19 heavy (non-hydrogen) atoms. The lowest BCUT2D eigenvalue weighted by Gasteiger charge is -2.07. The van der Waals surface area contributed by atoms with E-state index in [-0.39, 0.29) is 6.42 Å². The maximum atomic E-state index is 10.3. The third-order valence-electron chi connectivity index (χ3n) is 2.76. The summed E-state index contributed by atoms with van der Waals surface area (Å²) in [5.41, 5.74) is 1.43. The van der Waals surface area contributed by atoms with Gasteiger partial charge in [0.25, 0.3) is 0 Å². The van der Waals surface area contributed by atoms with Gasteiger partial charge in [0, 0.05) is 18.7 Å². The molecule has 0 aliphatic carbocycles. The van der Waals surface area contributed by atoms with Gasteiger partial charge in [-0.1, -0.05) is 12.8 Å². The molecule has 2 N–H and O–H groups in total. The Morgan fingerprint density at radius 1 is 1.37 bits per heavy atom. The number of carbonyl (C=O) groups is 1. The first-order chi connectivity index (χ1) is 9.13. The van der Waals surface area contributed by atoms with E-state index in [0.717, 1.165) is 37.9 Å². The number of aryl methyl sites for hydroxylation is 1. The summed E-state index contributed by atoms with van der Waals surface area (Å²) in [6.07, 6.45) is 3.81. The van der Waals surface area contributed by atoms with Crippen molar-refractivity contribution in [1.82, 2.24) is 4.98 Å². The average Bonchev–Trinajstić information content (AvgIpc) is 2.37. The summed E-state index contributed by atoms with van der Waals surface area (Å²) < 4.78 is 0. The first-order valence-electron chi connectivity index (χ1n) is 6.47. The molecule has 0 amide bonds. The van der Waals surface area contributed by atoms with Gasteiger partial charge in [-0.25, -0.2) is 4.98 Å². The molecule has 0 bridgehead atoms. The molecule has 0 aliphatic rings. The molecule has 0 radical (unpaired) electrons. The van der Waals surface area contributed by atoms with E-state index in [4.69, 9.17) is 10.4 Å². The number of pyridine rings is 1. The molecule has 0 spiro atoms. The van der Waals surface area contributed by atoms with E-state index in [0.29, 0.717) is 11.4 Å². The lowest BCUT2D eigenvalue weighted by molar-refractivity contribution is -0.137. The number of unbranched alkanes of at least 4 members (excludes halogenated alkanes) is 3. The molecule has 1 heterocycles. The number of aliphatic carboxylic acids is 1. The minimum absolute atomic E-state index is 0.242. The Bertz CT molecular complexity index is 466. The summed E-state index contributed by atoms with van der Waals surface area (Å²) in [5.74, 6) is -0.103. The molecule has 0 atom stereocenters. The highest BCUT2D eigenvalue weighted by molar-refractivity contribution is 5.66. The third kappa shape index (κ3) is 5.87. The number of nitrogens with one attached hydrogen (secondary N) is 1. The van der Waals surface area contributed by atoms with Crippen molar-refractivity contribution in [2.45, 2.75) is 39.0 Å². The molecule has 0 saturated carbocycles. The van der Waals surface area contributed by atoms with E-state index in [1.165, 1.54) is 0 Å². The minimum atomic E-state index is -0.735. The van der Waals surface area contributed by atoms with Gasteiger partial charge in [0.05, 0.1) is 5.56 Å². The zero-order valence-electron chi connectivity index (χ0n) is 11.1. The highest BCUT2D eigenvalue weighted by atomic mass is 16.4. The Kier molecular flexibility index (Phi) is 6.37. The largest absolute Gasteiger partial charge is 0.481 e. The number of aromatic nitrogens is 1. The molecule has 5 nitrogen and oxygen atoms in total. The average molecular weight is 261 g/mol. The normalized spacial score (nSPS) is 9.89. The second kappa shape index (κ2) is 8.09. The fourth-order valence-corrected chi connectivity index (χ4v) is 1.74. The standard InChI is InChI=1S/C14H19N3O2/c1-11-7-8-12(10-15)14(17-11)16-9-5-3-2-4-6-13(18)19/h7-8H,2-6,9H2,1H3,(H,16,17)(H,18,19). The van der Waals surface area contributed by atoms with E-state index in [1.54, 1.807) is 6.07 Å². The van der Waals surface area contributed by atoms with Crippen molar-refractivity contribution in [2.75, 3.05) is 11.9 Å². The number of anilines is 1. The molecule has 0 unspecified atom stereocenters. The quantitative estimate of drug-likeness (QED) is 0.703. The molecule has 0 fully saturated rings. The summed E-state index contributed by atoms with van der Waals surface area (Å²) in [6, 6.07) is 5.68. The Balaban J connectivity index is 2.24. The highest BCUT2D eigenvalue weighted by Crippen LogP contribution is 2.12. The molecular formula is C14H19N3O2. The van der Waals surface area contributed by atoms with Crippen molar-refractivity contribution < 1.29 is 9.90 Å². The summed E-state index contributed by atoms with van der Waals surface area (Å²) >= 11 is 0. The number of nitriles is 1. The van der Waals surface area contributed by atoms with E-state index < -0.39 is 5.97 Å². The molecule has 102 valence electrons. The lowest BCUT2D eigenvalue weighted by Crippen LogP contribution is -2.06. The topological polar surface area (TPSA) is 86.0 Å². The van der Waals surface area contributed by atoms with Gasteiger partial charge in [0.1, 0.15) is 11.9 Å². The summed E-state index contributed by atoms with van der Waals surface area (Å²) in [5, 5.41) is 20.6. The second-order valence-corrected chi connectivity index (χ2v) is 4.45. The fraction of sp³-hybridized carbons (Fsp3) is 0.500. The molecule has 0 saturated heterocycles. The molecule has 0 aliphatic heterocycles. The minimum Gasteiger partial charge on any atom is -0.481 e. The van der Waals surface area contributed by atoms with Crippen molar-refractivity contribution in [3.63, 3.8) is 0 Å². The van der Waals surface area contributed by atoms with Gasteiger partial charge in [-0.2, -0.15) is 5.26 Å². The molecular weight excluding hydrogens is 242 g/mol. The lowest BCUT2D eigenvalue weighted by atomic mass is 10.1. The molecule has 5 heteroatoms. The fourth-order valence-electron chi connectivity index (χ4n) is 1.74. The van der Waals surface area contributed by atoms with Gasteiger partial charge >= 0.3 is 5.97 Å². The van der Waals surface area contributed by atoms with Crippen LogP contribution in [0.3, 0.4) is 0 Å².